The van der Waals surface area contributed by atoms with Gasteiger partial charge in [-0.05, 0) is 31.0 Å². The van der Waals surface area contributed by atoms with E-state index in [0.29, 0.717) is 37.6 Å². The van der Waals surface area contributed by atoms with E-state index >= 15 is 0 Å². The van der Waals surface area contributed by atoms with Crippen molar-refractivity contribution in [2.45, 2.75) is 19.8 Å². The van der Waals surface area contributed by atoms with E-state index in [2.05, 4.69) is 10.6 Å². The van der Waals surface area contributed by atoms with Gasteiger partial charge in [-0.2, -0.15) is 0 Å². The van der Waals surface area contributed by atoms with Crippen molar-refractivity contribution in [3.63, 3.8) is 0 Å². The van der Waals surface area contributed by atoms with Crippen LogP contribution in [0.3, 0.4) is 0 Å². The van der Waals surface area contributed by atoms with Gasteiger partial charge in [-0.15, -0.1) is 0 Å². The standard InChI is InChI=1S/C14H19ClN2O3/c1-2-20-14(19)17-10-9-16-13(18)8-5-11-3-6-12(15)7-4-11/h3-4,6-7H,2,5,8-10H2,1H3,(H,16,18)(H,17,19). The molecule has 2 N–H and O–H groups in total. The molecule has 110 valence electrons. The molecule has 0 radical (unpaired) electrons. The molecule has 2 amide bonds. The van der Waals surface area contributed by atoms with Gasteiger partial charge in [0.2, 0.25) is 5.91 Å². The largest absolute Gasteiger partial charge is 0.450 e. The van der Waals surface area contributed by atoms with Crippen molar-refractivity contribution in [3.05, 3.63) is 34.9 Å². The summed E-state index contributed by atoms with van der Waals surface area (Å²) in [6.07, 6.45) is 0.595. The fraction of sp³-hybridized carbons (Fsp3) is 0.429. The highest BCUT2D eigenvalue weighted by atomic mass is 35.5. The minimum Gasteiger partial charge on any atom is -0.450 e. The molecular formula is C14H19ClN2O3. The molecular weight excluding hydrogens is 280 g/mol. The Kier molecular flexibility index (Phi) is 7.50. The zero-order valence-corrected chi connectivity index (χ0v) is 12.2. The fourth-order valence-corrected chi connectivity index (χ4v) is 1.67. The lowest BCUT2D eigenvalue weighted by Crippen LogP contribution is -2.35. The van der Waals surface area contributed by atoms with Crippen molar-refractivity contribution in [3.8, 4) is 0 Å². The number of halogens is 1. The Hall–Kier alpha value is -1.75. The first kappa shape index (κ1) is 16.3. The number of alkyl carbamates (subject to hydrolysis) is 1. The van der Waals surface area contributed by atoms with Crippen molar-refractivity contribution in [1.29, 1.82) is 0 Å². The maximum atomic E-state index is 11.6. The molecule has 1 aromatic rings. The maximum absolute atomic E-state index is 11.6. The van der Waals surface area contributed by atoms with Gasteiger partial charge < -0.3 is 15.4 Å². The zero-order valence-electron chi connectivity index (χ0n) is 11.4. The van der Waals surface area contributed by atoms with E-state index in [1.54, 1.807) is 19.1 Å². The molecule has 0 fully saturated rings. The minimum atomic E-state index is -0.470. The number of carbonyl (C=O) groups excluding carboxylic acids is 2. The van der Waals surface area contributed by atoms with Crippen LogP contribution in [0.4, 0.5) is 4.79 Å². The SMILES string of the molecule is CCOC(=O)NCCNC(=O)CCc1ccc(Cl)cc1. The second-order valence-corrected chi connectivity index (χ2v) is 4.56. The maximum Gasteiger partial charge on any atom is 0.407 e. The predicted octanol–water partition coefficient (Wildman–Crippen LogP) is 2.13. The Bertz CT molecular complexity index is 435. The van der Waals surface area contributed by atoms with E-state index in [4.69, 9.17) is 16.3 Å². The molecule has 0 heterocycles. The number of hydrogen-bond donors (Lipinski definition) is 2. The number of amides is 2. The summed E-state index contributed by atoms with van der Waals surface area (Å²) in [6, 6.07) is 7.41. The van der Waals surface area contributed by atoms with Gasteiger partial charge in [-0.1, -0.05) is 23.7 Å². The highest BCUT2D eigenvalue weighted by Crippen LogP contribution is 2.10. The second kappa shape index (κ2) is 9.20. The predicted molar refractivity (Wildman–Crippen MR) is 77.8 cm³/mol. The van der Waals surface area contributed by atoms with Crippen LogP contribution in [0.2, 0.25) is 5.02 Å². The molecule has 1 aromatic carbocycles. The van der Waals surface area contributed by atoms with E-state index < -0.39 is 6.09 Å². The molecule has 0 aliphatic carbocycles. The molecule has 0 saturated carbocycles. The number of aryl methyl sites for hydroxylation is 1. The lowest BCUT2D eigenvalue weighted by Gasteiger charge is -2.07. The smallest absolute Gasteiger partial charge is 0.407 e. The van der Waals surface area contributed by atoms with Gasteiger partial charge in [0.05, 0.1) is 6.61 Å². The molecule has 6 heteroatoms. The quantitative estimate of drug-likeness (QED) is 0.758. The van der Waals surface area contributed by atoms with Crippen LogP contribution in [0.15, 0.2) is 24.3 Å². The summed E-state index contributed by atoms with van der Waals surface area (Å²) >= 11 is 5.78. The first-order valence-corrected chi connectivity index (χ1v) is 6.91. The lowest BCUT2D eigenvalue weighted by molar-refractivity contribution is -0.121. The first-order chi connectivity index (χ1) is 9.61. The van der Waals surface area contributed by atoms with E-state index in [1.165, 1.54) is 0 Å². The third-order valence-electron chi connectivity index (χ3n) is 2.55. The van der Waals surface area contributed by atoms with Crippen molar-refractivity contribution >= 4 is 23.6 Å². The normalized spacial score (nSPS) is 9.90. The van der Waals surface area contributed by atoms with Gasteiger partial charge in [0.25, 0.3) is 0 Å². The summed E-state index contributed by atoms with van der Waals surface area (Å²) in [6.45, 7) is 2.81. The van der Waals surface area contributed by atoms with E-state index in [0.717, 1.165) is 5.56 Å². The van der Waals surface area contributed by atoms with Gasteiger partial charge in [0.1, 0.15) is 0 Å². The summed E-state index contributed by atoms with van der Waals surface area (Å²) in [7, 11) is 0. The molecule has 1 rings (SSSR count). The molecule has 0 bridgehead atoms. The summed E-state index contributed by atoms with van der Waals surface area (Å²) in [5.41, 5.74) is 1.06. The summed E-state index contributed by atoms with van der Waals surface area (Å²) in [5.74, 6) is -0.0504. The van der Waals surface area contributed by atoms with Crippen molar-refractivity contribution in [2.75, 3.05) is 19.7 Å². The number of ether oxygens (including phenoxy) is 1. The van der Waals surface area contributed by atoms with E-state index in [-0.39, 0.29) is 5.91 Å². The zero-order chi connectivity index (χ0) is 14.8. The third kappa shape index (κ3) is 6.99. The Morgan fingerprint density at radius 2 is 1.80 bits per heavy atom. The van der Waals surface area contributed by atoms with Crippen LogP contribution in [-0.2, 0) is 16.0 Å². The number of hydrogen-bond acceptors (Lipinski definition) is 3. The number of nitrogens with one attached hydrogen (secondary N) is 2. The van der Waals surface area contributed by atoms with Crippen molar-refractivity contribution in [2.24, 2.45) is 0 Å². The summed E-state index contributed by atoms with van der Waals surface area (Å²) in [4.78, 5) is 22.5. The monoisotopic (exact) mass is 298 g/mol. The highest BCUT2D eigenvalue weighted by Gasteiger charge is 2.03. The lowest BCUT2D eigenvalue weighted by atomic mass is 10.1. The average molecular weight is 299 g/mol. The molecule has 20 heavy (non-hydrogen) atoms. The van der Waals surface area contributed by atoms with Crippen molar-refractivity contribution < 1.29 is 14.3 Å². The van der Waals surface area contributed by atoms with E-state index in [9.17, 15) is 9.59 Å². The van der Waals surface area contributed by atoms with Gasteiger partial charge in [-0.25, -0.2) is 4.79 Å². The van der Waals surface area contributed by atoms with Crippen LogP contribution in [0.1, 0.15) is 18.9 Å². The third-order valence-corrected chi connectivity index (χ3v) is 2.80. The van der Waals surface area contributed by atoms with E-state index in [1.807, 2.05) is 12.1 Å². The van der Waals surface area contributed by atoms with Crippen LogP contribution in [0.25, 0.3) is 0 Å². The summed E-state index contributed by atoms with van der Waals surface area (Å²) in [5, 5.41) is 5.94. The first-order valence-electron chi connectivity index (χ1n) is 6.53. The van der Waals surface area contributed by atoms with Crippen LogP contribution in [0, 0.1) is 0 Å². The molecule has 0 unspecified atom stereocenters. The fourth-order valence-electron chi connectivity index (χ4n) is 1.55. The Morgan fingerprint density at radius 3 is 2.45 bits per heavy atom. The summed E-state index contributed by atoms with van der Waals surface area (Å²) < 4.78 is 4.69. The molecule has 0 aromatic heterocycles. The second-order valence-electron chi connectivity index (χ2n) is 4.12. The number of rotatable bonds is 7. The van der Waals surface area contributed by atoms with Crippen LogP contribution in [0.5, 0.6) is 0 Å². The van der Waals surface area contributed by atoms with Crippen molar-refractivity contribution in [1.82, 2.24) is 10.6 Å². The van der Waals surface area contributed by atoms with Gasteiger partial charge in [-0.3, -0.25) is 4.79 Å². The molecule has 0 aliphatic heterocycles. The molecule has 0 aliphatic rings. The number of benzene rings is 1. The van der Waals surface area contributed by atoms with Crippen LogP contribution < -0.4 is 10.6 Å². The van der Waals surface area contributed by atoms with Gasteiger partial charge in [0.15, 0.2) is 0 Å². The average Bonchev–Trinajstić information content (AvgIpc) is 2.43. The Balaban J connectivity index is 2.11. The Labute approximate surface area is 123 Å². The molecule has 0 saturated heterocycles. The van der Waals surface area contributed by atoms with Crippen LogP contribution >= 0.6 is 11.6 Å². The number of carbonyl (C=O) groups is 2. The van der Waals surface area contributed by atoms with Crippen LogP contribution in [-0.4, -0.2) is 31.7 Å². The topological polar surface area (TPSA) is 67.4 Å². The Morgan fingerprint density at radius 1 is 1.15 bits per heavy atom. The molecule has 5 nitrogen and oxygen atoms in total. The highest BCUT2D eigenvalue weighted by molar-refractivity contribution is 6.30. The van der Waals surface area contributed by atoms with Gasteiger partial charge >= 0.3 is 6.09 Å². The van der Waals surface area contributed by atoms with Gasteiger partial charge in [0, 0.05) is 24.5 Å². The molecule has 0 spiro atoms. The molecule has 0 atom stereocenters. The minimum absolute atomic E-state index is 0.0504.